The fraction of sp³-hybridized carbons (Fsp3) is 0.542. The lowest BCUT2D eigenvalue weighted by Crippen LogP contribution is -2.45. The molecule has 0 amide bonds. The molecule has 170 valence electrons. The molecule has 1 aromatic carbocycles. The summed E-state index contributed by atoms with van der Waals surface area (Å²) in [5.74, 6) is 3.13. The number of piperidine rings is 1. The lowest BCUT2D eigenvalue weighted by atomic mass is 9.88. The molecule has 3 atom stereocenters. The zero-order valence-electron chi connectivity index (χ0n) is 18.8. The normalized spacial score (nSPS) is 24.7. The lowest BCUT2D eigenvalue weighted by molar-refractivity contribution is 0.124. The van der Waals surface area contributed by atoms with Gasteiger partial charge in [0.1, 0.15) is 5.75 Å². The number of nitrogens with zero attached hydrogens (tertiary/aromatic N) is 3. The van der Waals surface area contributed by atoms with Gasteiger partial charge in [0.2, 0.25) is 0 Å². The van der Waals surface area contributed by atoms with Crippen LogP contribution in [0.25, 0.3) is 0 Å². The van der Waals surface area contributed by atoms with Gasteiger partial charge in [-0.3, -0.25) is 9.89 Å². The Morgan fingerprint density at radius 1 is 1.19 bits per heavy atom. The van der Waals surface area contributed by atoms with Crippen LogP contribution in [-0.2, 0) is 0 Å². The third-order valence-electron chi connectivity index (χ3n) is 6.65. The first-order valence-corrected chi connectivity index (χ1v) is 11.9. The van der Waals surface area contributed by atoms with Crippen molar-refractivity contribution < 1.29 is 4.74 Å². The molecular formula is C24H35IN4OS. The van der Waals surface area contributed by atoms with Crippen LogP contribution in [0.2, 0.25) is 0 Å². The minimum atomic E-state index is 0. The van der Waals surface area contributed by atoms with Gasteiger partial charge in [0.25, 0.3) is 0 Å². The number of guanidine groups is 1. The highest BCUT2D eigenvalue weighted by Gasteiger charge is 2.32. The van der Waals surface area contributed by atoms with Crippen molar-refractivity contribution in [2.75, 3.05) is 47.4 Å². The molecule has 0 bridgehead atoms. The number of nitrogens with one attached hydrogen (secondary N) is 1. The molecular weight excluding hydrogens is 519 g/mol. The third kappa shape index (κ3) is 5.73. The van der Waals surface area contributed by atoms with Crippen LogP contribution >= 0.6 is 35.3 Å². The first-order valence-electron chi connectivity index (χ1n) is 11.0. The monoisotopic (exact) mass is 554 g/mol. The van der Waals surface area contributed by atoms with Crippen LogP contribution in [0.3, 0.4) is 0 Å². The summed E-state index contributed by atoms with van der Waals surface area (Å²) < 4.78 is 5.30. The zero-order chi connectivity index (χ0) is 20.9. The largest absolute Gasteiger partial charge is 0.497 e. The van der Waals surface area contributed by atoms with Crippen LogP contribution in [0, 0.1) is 5.92 Å². The predicted octanol–water partition coefficient (Wildman–Crippen LogP) is 4.82. The molecule has 7 heteroatoms. The van der Waals surface area contributed by atoms with E-state index in [1.165, 1.54) is 29.8 Å². The van der Waals surface area contributed by atoms with Crippen molar-refractivity contribution >= 4 is 41.3 Å². The summed E-state index contributed by atoms with van der Waals surface area (Å²) in [6.45, 7) is 4.23. The summed E-state index contributed by atoms with van der Waals surface area (Å²) in [5, 5.41) is 5.92. The van der Waals surface area contributed by atoms with E-state index in [4.69, 9.17) is 4.74 Å². The Hall–Kier alpha value is -1.32. The number of hydrogen-bond donors (Lipinski definition) is 1. The van der Waals surface area contributed by atoms with E-state index < -0.39 is 0 Å². The molecule has 5 nitrogen and oxygen atoms in total. The van der Waals surface area contributed by atoms with E-state index in [1.54, 1.807) is 7.11 Å². The minimum absolute atomic E-state index is 0. The Morgan fingerprint density at radius 3 is 2.68 bits per heavy atom. The SMILES string of the molecule is CN=C(NCC1CCCN(C)C1c1cccs1)N1CCC(c2ccc(OC)cc2)C1.I. The summed E-state index contributed by atoms with van der Waals surface area (Å²) in [6.07, 6.45) is 3.70. The molecule has 31 heavy (non-hydrogen) atoms. The molecule has 0 aliphatic carbocycles. The van der Waals surface area contributed by atoms with E-state index in [9.17, 15) is 0 Å². The molecule has 4 rings (SSSR count). The average Bonchev–Trinajstić information content (AvgIpc) is 3.47. The van der Waals surface area contributed by atoms with Gasteiger partial charge >= 0.3 is 0 Å². The van der Waals surface area contributed by atoms with E-state index >= 15 is 0 Å². The van der Waals surface area contributed by atoms with Crippen LogP contribution in [0.15, 0.2) is 46.8 Å². The number of halogens is 1. The van der Waals surface area contributed by atoms with Crippen LogP contribution in [0.1, 0.15) is 41.7 Å². The molecule has 2 saturated heterocycles. The van der Waals surface area contributed by atoms with Crippen molar-refractivity contribution in [2.24, 2.45) is 10.9 Å². The average molecular weight is 555 g/mol. The first-order chi connectivity index (χ1) is 14.7. The maximum Gasteiger partial charge on any atom is 0.193 e. The second-order valence-corrected chi connectivity index (χ2v) is 9.46. The maximum atomic E-state index is 5.30. The van der Waals surface area contributed by atoms with Gasteiger partial charge in [-0.15, -0.1) is 35.3 Å². The highest BCUT2D eigenvalue weighted by Crippen LogP contribution is 2.37. The second-order valence-electron chi connectivity index (χ2n) is 8.48. The summed E-state index contributed by atoms with van der Waals surface area (Å²) in [5.41, 5.74) is 1.39. The molecule has 0 radical (unpaired) electrons. The van der Waals surface area contributed by atoms with Crippen molar-refractivity contribution in [3.8, 4) is 5.75 Å². The Bertz CT molecular complexity index is 827. The van der Waals surface area contributed by atoms with E-state index in [2.05, 4.69) is 68.9 Å². The summed E-state index contributed by atoms with van der Waals surface area (Å²) in [7, 11) is 5.90. The van der Waals surface area contributed by atoms with Crippen LogP contribution in [0.5, 0.6) is 5.75 Å². The number of methoxy groups -OCH3 is 1. The van der Waals surface area contributed by atoms with Gasteiger partial charge in [0.05, 0.1) is 7.11 Å². The molecule has 2 fully saturated rings. The fourth-order valence-corrected chi connectivity index (χ4v) is 6.02. The number of ether oxygens (including phenoxy) is 1. The third-order valence-corrected chi connectivity index (χ3v) is 7.59. The fourth-order valence-electron chi connectivity index (χ4n) is 5.04. The van der Waals surface area contributed by atoms with Gasteiger partial charge in [-0.05, 0) is 67.9 Å². The molecule has 2 aromatic rings. The van der Waals surface area contributed by atoms with Crippen molar-refractivity contribution in [3.63, 3.8) is 0 Å². The Balaban J connectivity index is 0.00000272. The van der Waals surface area contributed by atoms with Gasteiger partial charge in [0, 0.05) is 43.5 Å². The number of benzene rings is 1. The quantitative estimate of drug-likeness (QED) is 0.327. The van der Waals surface area contributed by atoms with Gasteiger partial charge in [-0.25, -0.2) is 0 Å². The molecule has 1 N–H and O–H groups in total. The van der Waals surface area contributed by atoms with Crippen LogP contribution in [-0.4, -0.2) is 63.1 Å². The topological polar surface area (TPSA) is 40.1 Å². The molecule has 2 aliphatic rings. The van der Waals surface area contributed by atoms with Gasteiger partial charge < -0.3 is 15.0 Å². The van der Waals surface area contributed by atoms with Crippen molar-refractivity contribution in [3.05, 3.63) is 52.2 Å². The van der Waals surface area contributed by atoms with E-state index in [0.29, 0.717) is 17.9 Å². The number of thiophene rings is 1. The smallest absolute Gasteiger partial charge is 0.193 e. The number of hydrogen-bond acceptors (Lipinski definition) is 4. The predicted molar refractivity (Wildman–Crippen MR) is 141 cm³/mol. The van der Waals surface area contributed by atoms with E-state index in [1.807, 2.05) is 18.4 Å². The molecule has 0 saturated carbocycles. The molecule has 3 heterocycles. The van der Waals surface area contributed by atoms with Gasteiger partial charge in [-0.2, -0.15) is 0 Å². The van der Waals surface area contributed by atoms with E-state index in [0.717, 1.165) is 37.8 Å². The zero-order valence-corrected chi connectivity index (χ0v) is 21.9. The van der Waals surface area contributed by atoms with Gasteiger partial charge in [-0.1, -0.05) is 18.2 Å². The van der Waals surface area contributed by atoms with Crippen LogP contribution in [0.4, 0.5) is 0 Å². The Morgan fingerprint density at radius 2 is 2.00 bits per heavy atom. The highest BCUT2D eigenvalue weighted by atomic mass is 127. The maximum absolute atomic E-state index is 5.30. The molecule has 1 aromatic heterocycles. The van der Waals surface area contributed by atoms with Crippen molar-refractivity contribution in [2.45, 2.75) is 31.2 Å². The molecule has 3 unspecified atom stereocenters. The first kappa shape index (κ1) is 24.3. The summed E-state index contributed by atoms with van der Waals surface area (Å²) in [6, 6.07) is 13.5. The Kier molecular flexibility index (Phi) is 9.04. The van der Waals surface area contributed by atoms with Crippen molar-refractivity contribution in [1.29, 1.82) is 0 Å². The van der Waals surface area contributed by atoms with Gasteiger partial charge in [0.15, 0.2) is 5.96 Å². The Labute approximate surface area is 207 Å². The standard InChI is InChI=1S/C24H34N4OS.HI/c1-25-24(28-14-12-20(17-28)18-8-10-21(29-3)11-9-18)26-16-19-6-4-13-27(2)23(19)22-7-5-15-30-22;/h5,7-11,15,19-20,23H,4,6,12-14,16-17H2,1-3H3,(H,25,26);1H. The highest BCUT2D eigenvalue weighted by molar-refractivity contribution is 14.0. The second kappa shape index (κ2) is 11.5. The summed E-state index contributed by atoms with van der Waals surface area (Å²) >= 11 is 1.88. The number of rotatable bonds is 5. The summed E-state index contributed by atoms with van der Waals surface area (Å²) in [4.78, 5) is 11.0. The number of aliphatic imine (C=N–C) groups is 1. The van der Waals surface area contributed by atoms with E-state index in [-0.39, 0.29) is 24.0 Å². The number of likely N-dealkylation sites (tertiary alicyclic amines) is 2. The lowest BCUT2D eigenvalue weighted by Gasteiger charge is -2.39. The van der Waals surface area contributed by atoms with Crippen molar-refractivity contribution in [1.82, 2.24) is 15.1 Å². The minimum Gasteiger partial charge on any atom is -0.497 e. The molecule has 2 aliphatic heterocycles. The molecule has 0 spiro atoms. The van der Waals surface area contributed by atoms with Crippen LogP contribution < -0.4 is 10.1 Å².